The predicted molar refractivity (Wildman–Crippen MR) is 108 cm³/mol. The van der Waals surface area contributed by atoms with Crippen molar-refractivity contribution < 1.29 is 9.53 Å². The molecule has 2 aromatic carbocycles. The van der Waals surface area contributed by atoms with E-state index < -0.39 is 0 Å². The van der Waals surface area contributed by atoms with E-state index in [0.29, 0.717) is 5.56 Å². The fraction of sp³-hybridized carbons (Fsp3) is 0.400. The summed E-state index contributed by atoms with van der Waals surface area (Å²) in [6, 6.07) is 14.0. The largest absolute Gasteiger partial charge is 0.459 e. The van der Waals surface area contributed by atoms with E-state index in [2.05, 4.69) is 30.0 Å². The van der Waals surface area contributed by atoms with Crippen LogP contribution in [0.2, 0.25) is 0 Å². The molecule has 0 saturated heterocycles. The van der Waals surface area contributed by atoms with Gasteiger partial charge in [-0.05, 0) is 98.9 Å². The van der Waals surface area contributed by atoms with Crippen LogP contribution in [-0.4, -0.2) is 12.1 Å². The molecule has 0 aromatic heterocycles. The van der Waals surface area contributed by atoms with E-state index in [4.69, 9.17) is 4.74 Å². The predicted octanol–water partition coefficient (Wildman–Crippen LogP) is 5.45. The summed E-state index contributed by atoms with van der Waals surface area (Å²) in [5, 5.41) is 0. The Balaban J connectivity index is 1.41. The van der Waals surface area contributed by atoms with Gasteiger partial charge in [-0.1, -0.05) is 24.3 Å². The van der Waals surface area contributed by atoms with Gasteiger partial charge < -0.3 is 4.74 Å². The summed E-state index contributed by atoms with van der Waals surface area (Å²) in [6.45, 7) is 0. The molecule has 0 bridgehead atoms. The molecule has 138 valence electrons. The Kier molecular flexibility index (Phi) is 5.58. The lowest BCUT2D eigenvalue weighted by Crippen LogP contribution is -2.20. The van der Waals surface area contributed by atoms with E-state index in [1.165, 1.54) is 43.2 Å². The number of ether oxygens (including phenoxy) is 1. The van der Waals surface area contributed by atoms with Crippen molar-refractivity contribution in [3.8, 4) is 11.8 Å². The topological polar surface area (TPSA) is 26.3 Å². The van der Waals surface area contributed by atoms with Crippen molar-refractivity contribution in [3.05, 3.63) is 70.3 Å². The van der Waals surface area contributed by atoms with Crippen LogP contribution in [0.25, 0.3) is 0 Å². The molecule has 0 aliphatic heterocycles. The third-order valence-electron chi connectivity index (χ3n) is 5.65. The van der Waals surface area contributed by atoms with Gasteiger partial charge in [0.05, 0.1) is 5.56 Å². The maximum atomic E-state index is 12.3. The van der Waals surface area contributed by atoms with Crippen molar-refractivity contribution in [2.24, 2.45) is 0 Å². The number of hydrogen-bond acceptors (Lipinski definition) is 2. The second kappa shape index (κ2) is 8.44. The molecular formula is C25H26O2. The van der Waals surface area contributed by atoms with Crippen molar-refractivity contribution in [1.29, 1.82) is 0 Å². The zero-order valence-corrected chi connectivity index (χ0v) is 15.8. The highest BCUT2D eigenvalue weighted by Crippen LogP contribution is 2.23. The van der Waals surface area contributed by atoms with Gasteiger partial charge in [-0.25, -0.2) is 4.79 Å². The molecule has 27 heavy (non-hydrogen) atoms. The molecule has 2 aliphatic rings. The Morgan fingerprint density at radius 3 is 2.22 bits per heavy atom. The van der Waals surface area contributed by atoms with Crippen LogP contribution in [0.15, 0.2) is 42.5 Å². The molecule has 0 heterocycles. The van der Waals surface area contributed by atoms with Crippen LogP contribution in [0, 0.1) is 11.8 Å². The number of fused-ring (bicyclic) bond motifs is 1. The first-order valence-electron chi connectivity index (χ1n) is 10.2. The Hall–Kier alpha value is -2.53. The van der Waals surface area contributed by atoms with Gasteiger partial charge in [-0.2, -0.15) is 0 Å². The van der Waals surface area contributed by atoms with E-state index in [1.54, 1.807) is 0 Å². The summed E-state index contributed by atoms with van der Waals surface area (Å²) < 4.78 is 5.62. The third kappa shape index (κ3) is 4.61. The fourth-order valence-electron chi connectivity index (χ4n) is 4.05. The summed E-state index contributed by atoms with van der Waals surface area (Å²) in [7, 11) is 0. The Labute approximate surface area is 161 Å². The number of rotatable bonds is 2. The molecule has 1 fully saturated rings. The highest BCUT2D eigenvalue weighted by atomic mass is 16.5. The first kappa shape index (κ1) is 17.9. The van der Waals surface area contributed by atoms with Gasteiger partial charge >= 0.3 is 5.97 Å². The first-order chi connectivity index (χ1) is 13.3. The zero-order chi connectivity index (χ0) is 18.5. The van der Waals surface area contributed by atoms with E-state index in [-0.39, 0.29) is 12.1 Å². The van der Waals surface area contributed by atoms with Crippen molar-refractivity contribution in [2.45, 2.75) is 63.9 Å². The highest BCUT2D eigenvalue weighted by Gasteiger charge is 2.18. The van der Waals surface area contributed by atoms with Crippen LogP contribution in [0.1, 0.15) is 77.6 Å². The summed E-state index contributed by atoms with van der Waals surface area (Å²) in [5.74, 6) is 6.26. The summed E-state index contributed by atoms with van der Waals surface area (Å²) in [4.78, 5) is 12.3. The smallest absolute Gasteiger partial charge is 0.338 e. The van der Waals surface area contributed by atoms with Gasteiger partial charge in [0.1, 0.15) is 6.10 Å². The minimum atomic E-state index is -0.212. The number of benzene rings is 2. The number of aryl methyl sites for hydroxylation is 2. The van der Waals surface area contributed by atoms with Crippen molar-refractivity contribution >= 4 is 5.97 Å². The second-order valence-electron chi connectivity index (χ2n) is 7.68. The standard InChI is InChI=1S/C25H26O2/c26-25(27-24-8-2-1-3-9-24)22-16-12-19(13-17-22)10-11-20-14-15-21-6-4-5-7-23(21)18-20/h12-18,24H,1-9H2. The molecule has 0 radical (unpaired) electrons. The molecule has 2 aromatic rings. The molecule has 2 nitrogen and oxygen atoms in total. The van der Waals surface area contributed by atoms with Gasteiger partial charge in [0.2, 0.25) is 0 Å². The van der Waals surface area contributed by atoms with Crippen LogP contribution in [-0.2, 0) is 17.6 Å². The average Bonchev–Trinajstić information content (AvgIpc) is 2.73. The number of esters is 1. The molecule has 0 unspecified atom stereocenters. The Morgan fingerprint density at radius 1 is 0.778 bits per heavy atom. The molecule has 1 saturated carbocycles. The van der Waals surface area contributed by atoms with Crippen LogP contribution in [0.3, 0.4) is 0 Å². The minimum absolute atomic E-state index is 0.0923. The van der Waals surface area contributed by atoms with Crippen LogP contribution in [0.5, 0.6) is 0 Å². The second-order valence-corrected chi connectivity index (χ2v) is 7.68. The molecule has 0 N–H and O–H groups in total. The number of carbonyl (C=O) groups excluding carboxylic acids is 1. The monoisotopic (exact) mass is 358 g/mol. The highest BCUT2D eigenvalue weighted by molar-refractivity contribution is 5.89. The summed E-state index contributed by atoms with van der Waals surface area (Å²) >= 11 is 0. The number of carbonyl (C=O) groups is 1. The Morgan fingerprint density at radius 2 is 1.44 bits per heavy atom. The van der Waals surface area contributed by atoms with E-state index in [1.807, 2.05) is 24.3 Å². The average molecular weight is 358 g/mol. The van der Waals surface area contributed by atoms with E-state index >= 15 is 0 Å². The van der Waals surface area contributed by atoms with E-state index in [0.717, 1.165) is 36.8 Å². The van der Waals surface area contributed by atoms with Gasteiger partial charge in [0, 0.05) is 11.1 Å². The first-order valence-corrected chi connectivity index (χ1v) is 10.2. The molecule has 0 amide bonds. The zero-order valence-electron chi connectivity index (χ0n) is 15.8. The van der Waals surface area contributed by atoms with Crippen LogP contribution < -0.4 is 0 Å². The van der Waals surface area contributed by atoms with Crippen molar-refractivity contribution in [2.75, 3.05) is 0 Å². The summed E-state index contributed by atoms with van der Waals surface area (Å²) in [5.41, 5.74) is 5.53. The molecule has 4 rings (SSSR count). The molecule has 2 aliphatic carbocycles. The van der Waals surface area contributed by atoms with Crippen LogP contribution in [0.4, 0.5) is 0 Å². The lowest BCUT2D eigenvalue weighted by Gasteiger charge is -2.21. The molecular weight excluding hydrogens is 332 g/mol. The lowest BCUT2D eigenvalue weighted by molar-refractivity contribution is 0.0211. The quantitative estimate of drug-likeness (QED) is 0.527. The summed E-state index contributed by atoms with van der Waals surface area (Å²) in [6.07, 6.45) is 10.6. The maximum absolute atomic E-state index is 12.3. The maximum Gasteiger partial charge on any atom is 0.338 e. The molecule has 0 spiro atoms. The normalized spacial score (nSPS) is 16.7. The van der Waals surface area contributed by atoms with Gasteiger partial charge in [0.15, 0.2) is 0 Å². The van der Waals surface area contributed by atoms with Crippen LogP contribution >= 0.6 is 0 Å². The third-order valence-corrected chi connectivity index (χ3v) is 5.65. The van der Waals surface area contributed by atoms with Crippen molar-refractivity contribution in [1.82, 2.24) is 0 Å². The van der Waals surface area contributed by atoms with Crippen molar-refractivity contribution in [3.63, 3.8) is 0 Å². The number of hydrogen-bond donors (Lipinski definition) is 0. The van der Waals surface area contributed by atoms with E-state index in [9.17, 15) is 4.79 Å². The fourth-order valence-corrected chi connectivity index (χ4v) is 4.05. The Bertz CT molecular complexity index is 861. The van der Waals surface area contributed by atoms with Gasteiger partial charge in [0.25, 0.3) is 0 Å². The minimum Gasteiger partial charge on any atom is -0.459 e. The molecule has 2 heteroatoms. The van der Waals surface area contributed by atoms with Gasteiger partial charge in [-0.15, -0.1) is 0 Å². The molecule has 0 atom stereocenters. The van der Waals surface area contributed by atoms with Gasteiger partial charge in [-0.3, -0.25) is 0 Å². The lowest BCUT2D eigenvalue weighted by atomic mass is 9.90. The SMILES string of the molecule is O=C(OC1CCCCC1)c1ccc(C#Cc2ccc3c(c2)CCCC3)cc1.